The Morgan fingerprint density at radius 1 is 0.903 bits per heavy atom. The summed E-state index contributed by atoms with van der Waals surface area (Å²) in [5, 5.41) is 2.78. The second kappa shape index (κ2) is 9.26. The van der Waals surface area contributed by atoms with E-state index in [0.29, 0.717) is 0 Å². The highest BCUT2D eigenvalue weighted by Crippen LogP contribution is 2.24. The highest BCUT2D eigenvalue weighted by molar-refractivity contribution is 7.92. The number of carbonyl (C=O) groups excluding carboxylic acids is 1. The van der Waals surface area contributed by atoms with Crippen LogP contribution in [0.3, 0.4) is 0 Å². The van der Waals surface area contributed by atoms with Gasteiger partial charge in [0.05, 0.1) is 16.6 Å². The standard InChI is InChI=1S/C23H22F2N2O3S/c1-16-3-5-18(6-4-16)17(2)26-23(28)15-27(21-11-7-19(24)8-12-21)31(29,30)22-13-9-20(25)10-14-22/h3-14,17H,15H2,1-2H3,(H,26,28)/t17-/m0/s1. The molecular formula is C23H22F2N2O3S. The molecular weight excluding hydrogens is 422 g/mol. The van der Waals surface area contributed by atoms with E-state index in [9.17, 15) is 22.0 Å². The molecule has 5 nitrogen and oxygen atoms in total. The van der Waals surface area contributed by atoms with Crippen LogP contribution in [0.15, 0.2) is 77.7 Å². The van der Waals surface area contributed by atoms with Gasteiger partial charge in [0, 0.05) is 0 Å². The van der Waals surface area contributed by atoms with Crippen LogP contribution < -0.4 is 9.62 Å². The molecule has 1 atom stereocenters. The molecule has 0 aromatic heterocycles. The van der Waals surface area contributed by atoms with Crippen molar-refractivity contribution < 1.29 is 22.0 Å². The monoisotopic (exact) mass is 444 g/mol. The Morgan fingerprint density at radius 2 is 1.42 bits per heavy atom. The summed E-state index contributed by atoms with van der Waals surface area (Å²) in [6.45, 7) is 3.22. The van der Waals surface area contributed by atoms with E-state index in [1.165, 1.54) is 12.1 Å². The first-order valence-corrected chi connectivity index (χ1v) is 11.0. The molecule has 3 rings (SSSR count). The van der Waals surface area contributed by atoms with Gasteiger partial charge in [-0.05, 0) is 67.9 Å². The maximum Gasteiger partial charge on any atom is 0.264 e. The van der Waals surface area contributed by atoms with E-state index in [1.807, 2.05) is 31.2 Å². The second-order valence-corrected chi connectivity index (χ2v) is 9.00. The smallest absolute Gasteiger partial charge is 0.264 e. The van der Waals surface area contributed by atoms with Gasteiger partial charge in [0.25, 0.3) is 10.0 Å². The van der Waals surface area contributed by atoms with Gasteiger partial charge < -0.3 is 5.32 Å². The Morgan fingerprint density at radius 3 is 1.97 bits per heavy atom. The molecule has 0 fully saturated rings. The summed E-state index contributed by atoms with van der Waals surface area (Å²) in [6.07, 6.45) is 0. The maximum absolute atomic E-state index is 13.4. The predicted octanol–water partition coefficient (Wildman–Crippen LogP) is 4.35. The minimum atomic E-state index is -4.20. The summed E-state index contributed by atoms with van der Waals surface area (Å²) < 4.78 is 53.9. The lowest BCUT2D eigenvalue weighted by Gasteiger charge is -2.25. The van der Waals surface area contributed by atoms with E-state index in [0.717, 1.165) is 51.8 Å². The van der Waals surface area contributed by atoms with Gasteiger partial charge in [-0.2, -0.15) is 0 Å². The largest absolute Gasteiger partial charge is 0.348 e. The number of amides is 1. The third-order valence-electron chi connectivity index (χ3n) is 4.76. The van der Waals surface area contributed by atoms with Crippen LogP contribution in [0.2, 0.25) is 0 Å². The average Bonchev–Trinajstić information content (AvgIpc) is 2.73. The normalized spacial score (nSPS) is 12.3. The molecule has 0 heterocycles. The molecule has 0 saturated heterocycles. The molecule has 0 radical (unpaired) electrons. The molecule has 3 aromatic carbocycles. The summed E-state index contributed by atoms with van der Waals surface area (Å²) in [4.78, 5) is 12.5. The van der Waals surface area contributed by atoms with E-state index in [4.69, 9.17) is 0 Å². The highest BCUT2D eigenvalue weighted by atomic mass is 32.2. The third kappa shape index (κ3) is 5.46. The van der Waals surface area contributed by atoms with Crippen LogP contribution in [-0.2, 0) is 14.8 Å². The number of nitrogens with zero attached hydrogens (tertiary/aromatic N) is 1. The van der Waals surface area contributed by atoms with Crippen LogP contribution in [0, 0.1) is 18.6 Å². The average molecular weight is 445 g/mol. The molecule has 0 unspecified atom stereocenters. The van der Waals surface area contributed by atoms with Gasteiger partial charge in [0.2, 0.25) is 5.91 Å². The number of aryl methyl sites for hydroxylation is 1. The molecule has 1 N–H and O–H groups in total. The van der Waals surface area contributed by atoms with Crippen LogP contribution >= 0.6 is 0 Å². The zero-order valence-corrected chi connectivity index (χ0v) is 17.9. The molecule has 0 saturated carbocycles. The maximum atomic E-state index is 13.4. The van der Waals surface area contributed by atoms with Gasteiger partial charge in [0.15, 0.2) is 0 Å². The molecule has 0 bridgehead atoms. The summed E-state index contributed by atoms with van der Waals surface area (Å²) in [7, 11) is -4.20. The van der Waals surface area contributed by atoms with Crippen molar-refractivity contribution in [3.05, 3.63) is 95.6 Å². The van der Waals surface area contributed by atoms with Crippen LogP contribution in [0.4, 0.5) is 14.5 Å². The first-order chi connectivity index (χ1) is 14.7. The molecule has 0 aliphatic heterocycles. The van der Waals surface area contributed by atoms with Gasteiger partial charge in [-0.1, -0.05) is 29.8 Å². The van der Waals surface area contributed by atoms with Crippen LogP contribution in [0.25, 0.3) is 0 Å². The summed E-state index contributed by atoms with van der Waals surface area (Å²) >= 11 is 0. The van der Waals surface area contributed by atoms with Crippen molar-refractivity contribution in [1.82, 2.24) is 5.32 Å². The zero-order valence-electron chi connectivity index (χ0n) is 17.0. The molecule has 3 aromatic rings. The van der Waals surface area contributed by atoms with Crippen LogP contribution in [0.5, 0.6) is 0 Å². The minimum Gasteiger partial charge on any atom is -0.348 e. The summed E-state index contributed by atoms with van der Waals surface area (Å²) in [5.74, 6) is -1.67. The fourth-order valence-corrected chi connectivity index (χ4v) is 4.43. The number of carbonyl (C=O) groups is 1. The number of benzene rings is 3. The van der Waals surface area contributed by atoms with E-state index in [1.54, 1.807) is 6.92 Å². The molecule has 1 amide bonds. The van der Waals surface area contributed by atoms with Crippen molar-refractivity contribution >= 4 is 21.6 Å². The molecule has 8 heteroatoms. The highest BCUT2D eigenvalue weighted by Gasteiger charge is 2.28. The first kappa shape index (κ1) is 22.4. The topological polar surface area (TPSA) is 66.5 Å². The van der Waals surface area contributed by atoms with Crippen molar-refractivity contribution in [1.29, 1.82) is 0 Å². The first-order valence-electron chi connectivity index (χ1n) is 9.56. The third-order valence-corrected chi connectivity index (χ3v) is 6.55. The van der Waals surface area contributed by atoms with E-state index in [2.05, 4.69) is 5.32 Å². The number of sulfonamides is 1. The van der Waals surface area contributed by atoms with E-state index < -0.39 is 34.1 Å². The van der Waals surface area contributed by atoms with Gasteiger partial charge in [-0.25, -0.2) is 17.2 Å². The lowest BCUT2D eigenvalue weighted by atomic mass is 10.1. The number of hydrogen-bond donors (Lipinski definition) is 1. The summed E-state index contributed by atoms with van der Waals surface area (Å²) in [6, 6.07) is 16.3. The van der Waals surface area contributed by atoms with Crippen molar-refractivity contribution in [2.24, 2.45) is 0 Å². The van der Waals surface area contributed by atoms with Crippen molar-refractivity contribution in [2.75, 3.05) is 10.8 Å². The Balaban J connectivity index is 1.87. The Labute approximate surface area is 180 Å². The SMILES string of the molecule is Cc1ccc([C@H](C)NC(=O)CN(c2ccc(F)cc2)S(=O)(=O)c2ccc(F)cc2)cc1. The van der Waals surface area contributed by atoms with Gasteiger partial charge in [-0.15, -0.1) is 0 Å². The fourth-order valence-electron chi connectivity index (χ4n) is 3.01. The molecule has 162 valence electrons. The Kier molecular flexibility index (Phi) is 6.70. The quantitative estimate of drug-likeness (QED) is 0.589. The minimum absolute atomic E-state index is 0.115. The van der Waals surface area contributed by atoms with Crippen molar-refractivity contribution in [2.45, 2.75) is 24.8 Å². The molecule has 0 aliphatic carbocycles. The number of hydrogen-bond acceptors (Lipinski definition) is 3. The molecule has 31 heavy (non-hydrogen) atoms. The predicted molar refractivity (Wildman–Crippen MR) is 115 cm³/mol. The molecule has 0 aliphatic rings. The van der Waals surface area contributed by atoms with Crippen LogP contribution in [-0.4, -0.2) is 20.9 Å². The number of halogens is 2. The molecule has 0 spiro atoms. The lowest BCUT2D eigenvalue weighted by Crippen LogP contribution is -2.41. The Hall–Kier alpha value is -3.26. The fraction of sp³-hybridized carbons (Fsp3) is 0.174. The van der Waals surface area contributed by atoms with E-state index in [-0.39, 0.29) is 16.6 Å². The van der Waals surface area contributed by atoms with Gasteiger partial charge in [0.1, 0.15) is 18.2 Å². The Bertz CT molecular complexity index is 1150. The van der Waals surface area contributed by atoms with Crippen LogP contribution in [0.1, 0.15) is 24.1 Å². The van der Waals surface area contributed by atoms with Crippen molar-refractivity contribution in [3.63, 3.8) is 0 Å². The number of nitrogens with one attached hydrogen (secondary N) is 1. The number of rotatable bonds is 7. The van der Waals surface area contributed by atoms with E-state index >= 15 is 0 Å². The van der Waals surface area contributed by atoms with Crippen molar-refractivity contribution in [3.8, 4) is 0 Å². The summed E-state index contributed by atoms with van der Waals surface area (Å²) in [5.41, 5.74) is 2.06. The van der Waals surface area contributed by atoms with Gasteiger partial charge in [-0.3, -0.25) is 9.10 Å². The zero-order chi connectivity index (χ0) is 22.6. The lowest BCUT2D eigenvalue weighted by molar-refractivity contribution is -0.120. The van der Waals surface area contributed by atoms with Gasteiger partial charge >= 0.3 is 0 Å². The second-order valence-electron chi connectivity index (χ2n) is 7.14. The number of anilines is 1.